The molecule has 3 rings (SSSR count). The van der Waals surface area contributed by atoms with Crippen molar-refractivity contribution in [1.29, 1.82) is 0 Å². The molecule has 0 aromatic heterocycles. The number of amides is 2. The van der Waals surface area contributed by atoms with Crippen LogP contribution in [-0.2, 0) is 26.2 Å². The number of aryl methyl sites for hydroxylation is 1. The molecule has 0 saturated carbocycles. The molecule has 2 amide bonds. The molecular formula is C31H39N3O7S. The smallest absolute Gasteiger partial charge is 0.264 e. The first-order chi connectivity index (χ1) is 20.1. The van der Waals surface area contributed by atoms with E-state index in [4.69, 9.17) is 14.2 Å². The number of sulfonamides is 1. The van der Waals surface area contributed by atoms with Gasteiger partial charge >= 0.3 is 0 Å². The molecule has 1 atom stereocenters. The lowest BCUT2D eigenvalue weighted by Gasteiger charge is -2.33. The monoisotopic (exact) mass is 597 g/mol. The van der Waals surface area contributed by atoms with Crippen LogP contribution in [-0.4, -0.2) is 65.6 Å². The Kier molecular flexibility index (Phi) is 11.2. The van der Waals surface area contributed by atoms with Crippen LogP contribution < -0.4 is 23.8 Å². The largest absolute Gasteiger partial charge is 0.494 e. The first-order valence-corrected chi connectivity index (χ1v) is 15.1. The van der Waals surface area contributed by atoms with E-state index in [2.05, 4.69) is 5.32 Å². The number of carbonyl (C=O) groups is 2. The summed E-state index contributed by atoms with van der Waals surface area (Å²) < 4.78 is 45.5. The van der Waals surface area contributed by atoms with Gasteiger partial charge in [-0.15, -0.1) is 0 Å². The molecule has 10 nitrogen and oxygen atoms in total. The number of hydrogen-bond acceptors (Lipinski definition) is 7. The van der Waals surface area contributed by atoms with Gasteiger partial charge in [0.05, 0.1) is 31.4 Å². The Balaban J connectivity index is 2.11. The predicted molar refractivity (Wildman–Crippen MR) is 162 cm³/mol. The molecule has 0 radical (unpaired) electrons. The summed E-state index contributed by atoms with van der Waals surface area (Å²) in [5.74, 6) is 0.269. The first-order valence-electron chi connectivity index (χ1n) is 13.6. The molecule has 0 aliphatic rings. The quantitative estimate of drug-likeness (QED) is 0.297. The molecule has 3 aromatic rings. The predicted octanol–water partition coefficient (Wildman–Crippen LogP) is 4.16. The van der Waals surface area contributed by atoms with E-state index in [1.165, 1.54) is 44.4 Å². The third kappa shape index (κ3) is 7.52. The van der Waals surface area contributed by atoms with Crippen molar-refractivity contribution in [1.82, 2.24) is 10.2 Å². The van der Waals surface area contributed by atoms with Crippen LogP contribution in [0.2, 0.25) is 0 Å². The van der Waals surface area contributed by atoms with Crippen molar-refractivity contribution >= 4 is 27.5 Å². The van der Waals surface area contributed by atoms with Crippen LogP contribution in [0.15, 0.2) is 71.6 Å². The van der Waals surface area contributed by atoms with Crippen LogP contribution in [0.1, 0.15) is 31.4 Å². The van der Waals surface area contributed by atoms with Crippen LogP contribution in [0.5, 0.6) is 17.2 Å². The van der Waals surface area contributed by atoms with Crippen molar-refractivity contribution in [2.75, 3.05) is 38.7 Å². The fourth-order valence-corrected chi connectivity index (χ4v) is 6.03. The molecule has 0 heterocycles. The average Bonchev–Trinajstić information content (AvgIpc) is 2.99. The van der Waals surface area contributed by atoms with E-state index in [1.54, 1.807) is 31.2 Å². The highest BCUT2D eigenvalue weighted by molar-refractivity contribution is 7.92. The molecule has 0 unspecified atom stereocenters. The number of ether oxygens (including phenoxy) is 3. The van der Waals surface area contributed by atoms with Crippen LogP contribution in [0.25, 0.3) is 0 Å². The minimum atomic E-state index is -4.29. The molecule has 0 aliphatic carbocycles. The van der Waals surface area contributed by atoms with E-state index in [9.17, 15) is 18.0 Å². The number of anilines is 1. The lowest BCUT2D eigenvalue weighted by molar-refractivity contribution is -0.140. The molecule has 0 bridgehead atoms. The summed E-state index contributed by atoms with van der Waals surface area (Å²) in [6, 6.07) is 17.5. The maximum absolute atomic E-state index is 14.2. The summed E-state index contributed by atoms with van der Waals surface area (Å²) in [6.07, 6.45) is 0.336. The van der Waals surface area contributed by atoms with Crippen LogP contribution in [0.4, 0.5) is 5.69 Å². The molecular weight excluding hydrogens is 558 g/mol. The zero-order valence-corrected chi connectivity index (χ0v) is 25.7. The molecule has 226 valence electrons. The van der Waals surface area contributed by atoms with Crippen molar-refractivity contribution in [2.24, 2.45) is 0 Å². The molecule has 3 aromatic carbocycles. The Morgan fingerprint density at radius 3 is 2.19 bits per heavy atom. The molecule has 0 saturated heterocycles. The molecule has 0 aliphatic heterocycles. The zero-order chi connectivity index (χ0) is 30.9. The number of nitrogens with zero attached hydrogens (tertiary/aromatic N) is 2. The zero-order valence-electron chi connectivity index (χ0n) is 24.9. The van der Waals surface area contributed by atoms with E-state index >= 15 is 0 Å². The van der Waals surface area contributed by atoms with Gasteiger partial charge in [-0.2, -0.15) is 0 Å². The van der Waals surface area contributed by atoms with E-state index < -0.39 is 28.5 Å². The summed E-state index contributed by atoms with van der Waals surface area (Å²) in [5.41, 5.74) is 2.08. The number of benzene rings is 3. The van der Waals surface area contributed by atoms with E-state index in [0.29, 0.717) is 24.5 Å². The summed E-state index contributed by atoms with van der Waals surface area (Å²) in [6.45, 7) is 5.61. The Hall–Kier alpha value is -4.25. The van der Waals surface area contributed by atoms with Gasteiger partial charge in [0, 0.05) is 19.7 Å². The summed E-state index contributed by atoms with van der Waals surface area (Å²) >= 11 is 0. The molecule has 1 N–H and O–H groups in total. The molecule has 42 heavy (non-hydrogen) atoms. The van der Waals surface area contributed by atoms with Crippen LogP contribution in [0, 0.1) is 6.92 Å². The van der Waals surface area contributed by atoms with Crippen molar-refractivity contribution in [3.8, 4) is 17.2 Å². The van der Waals surface area contributed by atoms with Gasteiger partial charge in [0.1, 0.15) is 18.3 Å². The van der Waals surface area contributed by atoms with E-state index in [1.807, 2.05) is 38.1 Å². The number of likely N-dealkylation sites (N-methyl/N-ethyl adjacent to an activating group) is 1. The van der Waals surface area contributed by atoms with E-state index in [0.717, 1.165) is 15.4 Å². The van der Waals surface area contributed by atoms with Gasteiger partial charge in [0.25, 0.3) is 10.0 Å². The molecule has 0 fully saturated rings. The maximum atomic E-state index is 14.2. The number of carbonyl (C=O) groups excluding carboxylic acids is 2. The molecule has 0 spiro atoms. The van der Waals surface area contributed by atoms with Gasteiger partial charge in [0.15, 0.2) is 11.5 Å². The van der Waals surface area contributed by atoms with Crippen LogP contribution >= 0.6 is 0 Å². The highest BCUT2D eigenvalue weighted by Crippen LogP contribution is 2.33. The molecule has 11 heteroatoms. The highest BCUT2D eigenvalue weighted by Gasteiger charge is 2.34. The third-order valence-corrected chi connectivity index (χ3v) is 8.50. The minimum Gasteiger partial charge on any atom is -0.494 e. The van der Waals surface area contributed by atoms with Gasteiger partial charge in [-0.1, -0.05) is 36.8 Å². The fourth-order valence-electron chi connectivity index (χ4n) is 4.60. The van der Waals surface area contributed by atoms with Gasteiger partial charge < -0.3 is 24.4 Å². The summed E-state index contributed by atoms with van der Waals surface area (Å²) in [4.78, 5) is 28.3. The SMILES string of the molecule is CCOc1ccc(N(CC(=O)N(Cc2cccc(C)c2)[C@H](CC)C(=O)NC)S(=O)(=O)c2ccc(OC)c(OC)c2)cc1. The second-order valence-corrected chi connectivity index (χ2v) is 11.4. The number of methoxy groups -OCH3 is 2. The van der Waals surface area contributed by atoms with Crippen molar-refractivity contribution in [3.63, 3.8) is 0 Å². The Morgan fingerprint density at radius 1 is 0.929 bits per heavy atom. The van der Waals surface area contributed by atoms with E-state index in [-0.39, 0.29) is 28.8 Å². The lowest BCUT2D eigenvalue weighted by atomic mass is 10.1. The fraction of sp³-hybridized carbons (Fsp3) is 0.355. The Bertz CT molecular complexity index is 1480. The van der Waals surface area contributed by atoms with Gasteiger partial charge in [0.2, 0.25) is 11.8 Å². The average molecular weight is 598 g/mol. The normalized spacial score (nSPS) is 11.8. The standard InChI is InChI=1S/C31H39N3O7S/c1-7-27(31(36)32-4)33(20-23-11-9-10-22(3)18-23)30(35)21-34(24-12-14-25(15-13-24)41-8-2)42(37,38)26-16-17-28(39-5)29(19-26)40-6/h9-19,27H,7-8,20-21H2,1-6H3,(H,32,36)/t27-/m1/s1. The van der Waals surface area contributed by atoms with Crippen molar-refractivity contribution in [3.05, 3.63) is 77.9 Å². The number of hydrogen-bond donors (Lipinski definition) is 1. The second kappa shape index (κ2) is 14.6. The first kappa shape index (κ1) is 32.3. The maximum Gasteiger partial charge on any atom is 0.264 e. The van der Waals surface area contributed by atoms with Gasteiger partial charge in [-0.3, -0.25) is 13.9 Å². The second-order valence-electron chi connectivity index (χ2n) is 9.50. The Morgan fingerprint density at radius 2 is 1.62 bits per heavy atom. The van der Waals surface area contributed by atoms with Crippen LogP contribution in [0.3, 0.4) is 0 Å². The summed E-state index contributed by atoms with van der Waals surface area (Å²) in [5, 5.41) is 2.63. The lowest BCUT2D eigenvalue weighted by Crippen LogP contribution is -2.51. The Labute approximate surface area is 248 Å². The topological polar surface area (TPSA) is 114 Å². The minimum absolute atomic E-state index is 0.0922. The third-order valence-electron chi connectivity index (χ3n) is 6.73. The van der Waals surface area contributed by atoms with Crippen molar-refractivity contribution in [2.45, 2.75) is 44.7 Å². The van der Waals surface area contributed by atoms with Crippen molar-refractivity contribution < 1.29 is 32.2 Å². The van der Waals surface area contributed by atoms with Gasteiger partial charge in [-0.25, -0.2) is 8.42 Å². The number of nitrogens with one attached hydrogen (secondary N) is 1. The summed E-state index contributed by atoms with van der Waals surface area (Å²) in [7, 11) is 0.0799. The number of rotatable bonds is 14. The van der Waals surface area contributed by atoms with Gasteiger partial charge in [-0.05, 0) is 62.2 Å². The highest BCUT2D eigenvalue weighted by atomic mass is 32.2.